The maximum absolute atomic E-state index is 12.9. The number of pyridine rings is 1. The average Bonchev–Trinajstić information content (AvgIpc) is 3.27. The first kappa shape index (κ1) is 31.6. The van der Waals surface area contributed by atoms with Crippen molar-refractivity contribution in [3.63, 3.8) is 0 Å². The number of aromatic hydroxyl groups is 1. The van der Waals surface area contributed by atoms with Crippen molar-refractivity contribution < 1.29 is 49.3 Å². The summed E-state index contributed by atoms with van der Waals surface area (Å²) in [5.41, 5.74) is 3.92. The molecular weight excluding hydrogens is 541 g/mol. The van der Waals surface area contributed by atoms with E-state index in [1.54, 1.807) is 23.6 Å². The molecule has 0 unspecified atom stereocenters. The van der Waals surface area contributed by atoms with Crippen LogP contribution >= 0.6 is 11.3 Å². The van der Waals surface area contributed by atoms with Crippen molar-refractivity contribution in [1.82, 2.24) is 0 Å². The molecule has 4 N–H and O–H groups in total. The minimum absolute atomic E-state index is 0. The number of ether oxygens (including phenoxy) is 1. The molecule has 206 valence electrons. The predicted molar refractivity (Wildman–Crippen MR) is 147 cm³/mol. The molecule has 0 aliphatic rings. The van der Waals surface area contributed by atoms with Crippen LogP contribution in [0.15, 0.2) is 48.7 Å². The van der Waals surface area contributed by atoms with E-state index in [-0.39, 0.29) is 30.8 Å². The molecule has 0 atom stereocenters. The zero-order valence-corrected chi connectivity index (χ0v) is 24.5. The van der Waals surface area contributed by atoms with Gasteiger partial charge in [-0.25, -0.2) is 9.78 Å². The number of halogens is 2. The number of carbonyl (C=O) groups excluding carboxylic acids is 1. The summed E-state index contributed by atoms with van der Waals surface area (Å²) in [5.74, 6) is -0.0607. The number of aromatic amines is 1. The van der Waals surface area contributed by atoms with E-state index in [1.165, 1.54) is 17.7 Å². The minimum Gasteiger partial charge on any atom is -1.00 e. The molecule has 2 aromatic carbocycles. The third kappa shape index (κ3) is 7.29. The molecule has 0 saturated heterocycles. The first-order valence-electron chi connectivity index (χ1n) is 13.0. The Morgan fingerprint density at radius 2 is 1.76 bits per heavy atom. The SMILES string of the molecule is CCCC[NH+](CCCC)Cc1cc(Nc2c(C(=O)OCC)c[nH+]c3c2sc2ccccc23)ccc1O.[Cl-].[Cl-]. The van der Waals surface area contributed by atoms with Gasteiger partial charge < -0.3 is 44.9 Å². The number of phenols is 1. The number of rotatable bonds is 12. The topological polar surface area (TPSA) is 77.1 Å². The number of phenolic OH excluding ortho intramolecular Hbond substituents is 1. The van der Waals surface area contributed by atoms with Gasteiger partial charge in [-0.05, 0) is 50.1 Å². The van der Waals surface area contributed by atoms with E-state index in [2.05, 4.69) is 36.3 Å². The molecule has 0 spiro atoms. The van der Waals surface area contributed by atoms with Crippen molar-refractivity contribution in [2.75, 3.05) is 25.0 Å². The van der Waals surface area contributed by atoms with Crippen LogP contribution in [0, 0.1) is 0 Å². The summed E-state index contributed by atoms with van der Waals surface area (Å²) in [7, 11) is 0. The lowest BCUT2D eigenvalue weighted by atomic mass is 10.1. The fourth-order valence-corrected chi connectivity index (χ4v) is 5.75. The molecular formula is C29H37Cl2N3O3S. The number of quaternary nitrogens is 1. The third-order valence-electron chi connectivity index (χ3n) is 6.51. The Balaban J connectivity index is 0.00000253. The maximum atomic E-state index is 12.9. The number of carbonyl (C=O) groups is 1. The Hall–Kier alpha value is -2.58. The van der Waals surface area contributed by atoms with E-state index in [1.807, 2.05) is 31.2 Å². The number of thiophene rings is 1. The van der Waals surface area contributed by atoms with Gasteiger partial charge in [0.2, 0.25) is 5.52 Å². The van der Waals surface area contributed by atoms with Crippen LogP contribution in [0.25, 0.3) is 20.3 Å². The van der Waals surface area contributed by atoms with Crippen LogP contribution in [0.2, 0.25) is 0 Å². The van der Waals surface area contributed by atoms with Gasteiger partial charge in [-0.2, -0.15) is 0 Å². The molecule has 4 aromatic rings. The fraction of sp³-hybridized carbons (Fsp3) is 0.379. The lowest BCUT2D eigenvalue weighted by Gasteiger charge is -2.20. The van der Waals surface area contributed by atoms with Gasteiger partial charge in [-0.15, -0.1) is 11.3 Å². The molecule has 0 aliphatic carbocycles. The summed E-state index contributed by atoms with van der Waals surface area (Å²) in [6.07, 6.45) is 6.40. The molecule has 38 heavy (non-hydrogen) atoms. The second kappa shape index (κ2) is 15.1. The van der Waals surface area contributed by atoms with E-state index >= 15 is 0 Å². The van der Waals surface area contributed by atoms with Crippen molar-refractivity contribution in [2.45, 2.75) is 53.0 Å². The number of hydrogen-bond acceptors (Lipinski definition) is 5. The summed E-state index contributed by atoms with van der Waals surface area (Å²) in [6, 6.07) is 13.8. The Bertz CT molecular complexity index is 1340. The standard InChI is InChI=1S/C29H35N3O3S.2ClH/c1-4-7-15-32(16-8-5-2)19-20-17-21(13-14-24(20)33)31-27-23(29(34)35-6-3)18-30-26-22-11-9-10-12-25(22)36-28(26)27;;/h9-14,17-18,33H,4-8,15-16,19H2,1-3H3,(H,30,31);2*1H. The molecule has 2 heterocycles. The van der Waals surface area contributed by atoms with Crippen LogP contribution in [0.4, 0.5) is 11.4 Å². The molecule has 0 aliphatic heterocycles. The first-order chi connectivity index (χ1) is 17.5. The molecule has 0 fully saturated rings. The number of hydrogen-bond donors (Lipinski definition) is 3. The van der Waals surface area contributed by atoms with Gasteiger partial charge in [0.1, 0.15) is 22.6 Å². The summed E-state index contributed by atoms with van der Waals surface area (Å²) >= 11 is 1.64. The smallest absolute Gasteiger partial charge is 0.346 e. The number of benzene rings is 2. The highest BCUT2D eigenvalue weighted by molar-refractivity contribution is 7.26. The van der Waals surface area contributed by atoms with E-state index in [4.69, 9.17) is 4.74 Å². The molecule has 0 radical (unpaired) electrons. The van der Waals surface area contributed by atoms with Gasteiger partial charge in [-0.3, -0.25) is 0 Å². The average molecular weight is 579 g/mol. The largest absolute Gasteiger partial charge is 1.00 e. The van der Waals surface area contributed by atoms with Crippen LogP contribution < -0.4 is 40.0 Å². The lowest BCUT2D eigenvalue weighted by Crippen LogP contribution is -3.10. The second-order valence-electron chi connectivity index (χ2n) is 9.20. The number of esters is 1. The van der Waals surface area contributed by atoms with Gasteiger partial charge in [0.15, 0.2) is 6.20 Å². The molecule has 0 saturated carbocycles. The number of nitrogens with one attached hydrogen (secondary N) is 3. The van der Waals surface area contributed by atoms with Crippen LogP contribution in [0.1, 0.15) is 62.4 Å². The molecule has 0 amide bonds. The molecule has 9 heteroatoms. The quantitative estimate of drug-likeness (QED) is 0.156. The number of fused-ring (bicyclic) bond motifs is 3. The Morgan fingerprint density at radius 3 is 2.45 bits per heavy atom. The Morgan fingerprint density at radius 1 is 1.05 bits per heavy atom. The molecule has 2 aromatic heterocycles. The summed E-state index contributed by atoms with van der Waals surface area (Å²) in [4.78, 5) is 17.7. The molecule has 0 bridgehead atoms. The van der Waals surface area contributed by atoms with E-state index in [9.17, 15) is 9.90 Å². The number of H-pyrrole nitrogens is 1. The monoisotopic (exact) mass is 577 g/mol. The number of anilines is 2. The van der Waals surface area contributed by atoms with Gasteiger partial charge in [0.25, 0.3) is 0 Å². The zero-order valence-electron chi connectivity index (χ0n) is 22.2. The predicted octanol–water partition coefficient (Wildman–Crippen LogP) is -0.512. The van der Waals surface area contributed by atoms with Crippen molar-refractivity contribution >= 4 is 49.0 Å². The first-order valence-corrected chi connectivity index (χ1v) is 13.8. The van der Waals surface area contributed by atoms with E-state index < -0.39 is 0 Å². The highest BCUT2D eigenvalue weighted by Crippen LogP contribution is 2.39. The number of aromatic nitrogens is 1. The second-order valence-corrected chi connectivity index (χ2v) is 10.3. The zero-order chi connectivity index (χ0) is 25.5. The summed E-state index contributed by atoms with van der Waals surface area (Å²) in [5, 5.41) is 15.3. The highest BCUT2D eigenvalue weighted by atomic mass is 35.5. The van der Waals surface area contributed by atoms with Crippen molar-refractivity contribution in [3.8, 4) is 5.75 Å². The summed E-state index contributed by atoms with van der Waals surface area (Å²) in [6.45, 7) is 9.51. The Labute approximate surface area is 241 Å². The summed E-state index contributed by atoms with van der Waals surface area (Å²) < 4.78 is 7.47. The van der Waals surface area contributed by atoms with E-state index in [0.29, 0.717) is 17.9 Å². The van der Waals surface area contributed by atoms with Crippen LogP contribution in [0.5, 0.6) is 5.75 Å². The van der Waals surface area contributed by atoms with Crippen molar-refractivity contribution in [3.05, 3.63) is 59.8 Å². The molecule has 6 nitrogen and oxygen atoms in total. The third-order valence-corrected chi connectivity index (χ3v) is 7.69. The van der Waals surface area contributed by atoms with Crippen molar-refractivity contribution in [1.29, 1.82) is 0 Å². The van der Waals surface area contributed by atoms with Gasteiger partial charge in [0.05, 0.1) is 30.8 Å². The molecule has 4 rings (SSSR count). The van der Waals surface area contributed by atoms with Gasteiger partial charge in [0, 0.05) is 16.0 Å². The normalized spacial score (nSPS) is 10.8. The van der Waals surface area contributed by atoms with Crippen LogP contribution in [0.3, 0.4) is 0 Å². The van der Waals surface area contributed by atoms with Gasteiger partial charge in [-0.1, -0.05) is 38.8 Å². The number of unbranched alkanes of at least 4 members (excludes halogenated alkanes) is 2. The maximum Gasteiger partial charge on any atom is 0.346 e. The fourth-order valence-electron chi connectivity index (χ4n) is 4.57. The Kier molecular flexibility index (Phi) is 12.6. The lowest BCUT2D eigenvalue weighted by molar-refractivity contribution is -0.914. The highest BCUT2D eigenvalue weighted by Gasteiger charge is 2.24. The van der Waals surface area contributed by atoms with Crippen LogP contribution in [-0.2, 0) is 11.3 Å². The van der Waals surface area contributed by atoms with Gasteiger partial charge >= 0.3 is 5.97 Å². The van der Waals surface area contributed by atoms with Crippen LogP contribution in [-0.4, -0.2) is 30.8 Å². The van der Waals surface area contributed by atoms with Crippen molar-refractivity contribution in [2.24, 2.45) is 0 Å². The van der Waals surface area contributed by atoms with E-state index in [0.717, 1.165) is 69.7 Å². The minimum atomic E-state index is -0.371.